The molecule has 0 aliphatic heterocycles. The number of benzene rings is 13. The van der Waals surface area contributed by atoms with Crippen LogP contribution in [0, 0.1) is 0 Å². The van der Waals surface area contributed by atoms with E-state index in [9.17, 15) is 0 Å². The van der Waals surface area contributed by atoms with Gasteiger partial charge in [0.15, 0.2) is 5.58 Å². The maximum absolute atomic E-state index is 7.23. The van der Waals surface area contributed by atoms with Crippen LogP contribution in [0.1, 0.15) is 0 Å². The minimum atomic E-state index is 0.847. The summed E-state index contributed by atoms with van der Waals surface area (Å²) in [5.74, 6) is 0. The second kappa shape index (κ2) is 16.2. The standard InChI is InChI=1S/C68H43NO/c1-2-13-47(14-3-1)64-43-59-17-8-9-18-62(59)66-63-19-10-20-65(67(63)70-68(64)66)69(61-36-33-57-41-56(29-30-58(57)42-61)52-24-22-45-12-5-7-16-49(45)38-52)60-34-31-46(32-35-60)50-25-26-54-40-55(28-27-53(54)39-50)51-23-21-44-11-4-6-15-48(44)37-51/h1-43H. The Labute approximate surface area is 405 Å². The highest BCUT2D eigenvalue weighted by Crippen LogP contribution is 2.47. The molecule has 1 heterocycles. The molecule has 0 spiro atoms. The lowest BCUT2D eigenvalue weighted by atomic mass is 9.96. The van der Waals surface area contributed by atoms with Gasteiger partial charge in [-0.05, 0) is 160 Å². The maximum Gasteiger partial charge on any atom is 0.159 e. The van der Waals surface area contributed by atoms with Gasteiger partial charge in [-0.3, -0.25) is 0 Å². The summed E-state index contributed by atoms with van der Waals surface area (Å²) in [6.45, 7) is 0. The average molecular weight is 890 g/mol. The van der Waals surface area contributed by atoms with Crippen molar-refractivity contribution in [1.82, 2.24) is 0 Å². The smallest absolute Gasteiger partial charge is 0.159 e. The van der Waals surface area contributed by atoms with Gasteiger partial charge < -0.3 is 9.32 Å². The Hall–Kier alpha value is -9.24. The van der Waals surface area contributed by atoms with Crippen molar-refractivity contribution in [2.24, 2.45) is 0 Å². The van der Waals surface area contributed by atoms with E-state index < -0.39 is 0 Å². The Balaban J connectivity index is 0.892. The molecule has 0 bridgehead atoms. The number of rotatable bonds is 7. The summed E-state index contributed by atoms with van der Waals surface area (Å²) in [4.78, 5) is 2.37. The number of anilines is 3. The molecule has 0 aliphatic rings. The minimum Gasteiger partial charge on any atom is -0.453 e. The van der Waals surface area contributed by atoms with E-state index in [-0.39, 0.29) is 0 Å². The number of para-hydroxylation sites is 1. The molecule has 70 heavy (non-hydrogen) atoms. The molecule has 13 aromatic carbocycles. The molecular weight excluding hydrogens is 847 g/mol. The number of hydrogen-bond donors (Lipinski definition) is 0. The zero-order chi connectivity index (χ0) is 46.1. The van der Waals surface area contributed by atoms with Crippen LogP contribution in [0.4, 0.5) is 17.1 Å². The molecule has 0 saturated carbocycles. The van der Waals surface area contributed by atoms with Crippen LogP contribution in [-0.4, -0.2) is 0 Å². The fourth-order valence-corrected chi connectivity index (χ4v) is 10.8. The van der Waals surface area contributed by atoms with Crippen molar-refractivity contribution in [3.63, 3.8) is 0 Å². The summed E-state index contributed by atoms with van der Waals surface area (Å²) in [6.07, 6.45) is 0. The monoisotopic (exact) mass is 889 g/mol. The molecule has 0 aliphatic carbocycles. The van der Waals surface area contributed by atoms with Gasteiger partial charge in [0.05, 0.1) is 5.69 Å². The summed E-state index contributed by atoms with van der Waals surface area (Å²) in [6, 6.07) is 95.0. The lowest BCUT2D eigenvalue weighted by Gasteiger charge is -2.26. The van der Waals surface area contributed by atoms with Crippen molar-refractivity contribution in [1.29, 1.82) is 0 Å². The third-order valence-electron chi connectivity index (χ3n) is 14.3. The van der Waals surface area contributed by atoms with Crippen LogP contribution < -0.4 is 4.90 Å². The van der Waals surface area contributed by atoms with Crippen molar-refractivity contribution in [2.45, 2.75) is 0 Å². The summed E-state index contributed by atoms with van der Waals surface area (Å²) in [7, 11) is 0. The number of furan rings is 1. The van der Waals surface area contributed by atoms with E-state index in [0.717, 1.165) is 61.1 Å². The Morgan fingerprint density at radius 1 is 0.243 bits per heavy atom. The Morgan fingerprint density at radius 2 is 0.671 bits per heavy atom. The van der Waals surface area contributed by atoms with Crippen LogP contribution in [0.5, 0.6) is 0 Å². The highest BCUT2D eigenvalue weighted by Gasteiger charge is 2.23. The molecule has 2 nitrogen and oxygen atoms in total. The van der Waals surface area contributed by atoms with Crippen LogP contribution in [0.3, 0.4) is 0 Å². The molecule has 1 aromatic heterocycles. The average Bonchev–Trinajstić information content (AvgIpc) is 3.83. The molecule has 0 amide bonds. The first kappa shape index (κ1) is 39.9. The summed E-state index contributed by atoms with van der Waals surface area (Å²) in [5.41, 5.74) is 14.2. The molecule has 0 atom stereocenters. The van der Waals surface area contributed by atoms with Crippen molar-refractivity contribution >= 4 is 92.9 Å². The number of nitrogens with zero attached hydrogens (tertiary/aromatic N) is 1. The van der Waals surface area contributed by atoms with Crippen molar-refractivity contribution in [3.05, 3.63) is 261 Å². The van der Waals surface area contributed by atoms with E-state index in [1.807, 2.05) is 0 Å². The van der Waals surface area contributed by atoms with E-state index in [1.165, 1.54) is 76.3 Å². The van der Waals surface area contributed by atoms with Gasteiger partial charge in [-0.25, -0.2) is 0 Å². The molecule has 0 radical (unpaired) electrons. The first-order valence-corrected chi connectivity index (χ1v) is 24.0. The van der Waals surface area contributed by atoms with Crippen molar-refractivity contribution in [2.75, 3.05) is 4.90 Å². The molecule has 326 valence electrons. The van der Waals surface area contributed by atoms with Gasteiger partial charge in [0, 0.05) is 27.7 Å². The normalized spacial score (nSPS) is 11.7. The highest BCUT2D eigenvalue weighted by atomic mass is 16.3. The topological polar surface area (TPSA) is 16.4 Å². The summed E-state index contributed by atoms with van der Waals surface area (Å²) < 4.78 is 7.23. The van der Waals surface area contributed by atoms with Gasteiger partial charge in [-0.2, -0.15) is 0 Å². The second-order valence-electron chi connectivity index (χ2n) is 18.5. The van der Waals surface area contributed by atoms with Gasteiger partial charge in [-0.15, -0.1) is 0 Å². The Bertz CT molecular complexity index is 4350. The predicted molar refractivity (Wildman–Crippen MR) is 298 cm³/mol. The van der Waals surface area contributed by atoms with Gasteiger partial charge in [-0.1, -0.05) is 194 Å². The molecular formula is C68H43NO. The van der Waals surface area contributed by atoms with E-state index in [2.05, 4.69) is 266 Å². The van der Waals surface area contributed by atoms with Crippen LogP contribution in [0.25, 0.3) is 120 Å². The molecule has 0 unspecified atom stereocenters. The molecule has 0 fully saturated rings. The largest absolute Gasteiger partial charge is 0.453 e. The summed E-state index contributed by atoms with van der Waals surface area (Å²) in [5, 5.41) is 14.4. The van der Waals surface area contributed by atoms with Crippen LogP contribution in [0.2, 0.25) is 0 Å². The predicted octanol–water partition coefficient (Wildman–Crippen LogP) is 19.5. The molecule has 2 heteroatoms. The third kappa shape index (κ3) is 6.80. The second-order valence-corrected chi connectivity index (χ2v) is 18.5. The maximum atomic E-state index is 7.23. The molecule has 14 aromatic rings. The number of fused-ring (bicyclic) bond motifs is 9. The van der Waals surface area contributed by atoms with E-state index in [0.29, 0.717) is 0 Å². The van der Waals surface area contributed by atoms with Gasteiger partial charge >= 0.3 is 0 Å². The minimum absolute atomic E-state index is 0.847. The zero-order valence-electron chi connectivity index (χ0n) is 38.2. The SMILES string of the molecule is c1ccc(-c2cc3ccccc3c3c2oc2c(N(c4ccc(-c5ccc6cc(-c7ccc8ccccc8c7)ccc6c5)cc4)c4ccc5cc(-c6ccc7ccccc7c6)ccc5c4)cccc23)cc1. The lowest BCUT2D eigenvalue weighted by molar-refractivity contribution is 0.670. The van der Waals surface area contributed by atoms with Crippen molar-refractivity contribution < 1.29 is 4.42 Å². The van der Waals surface area contributed by atoms with Gasteiger partial charge in [0.1, 0.15) is 5.58 Å². The van der Waals surface area contributed by atoms with Crippen LogP contribution >= 0.6 is 0 Å². The van der Waals surface area contributed by atoms with Crippen molar-refractivity contribution in [3.8, 4) is 44.5 Å². The quantitative estimate of drug-likeness (QED) is 0.159. The molecule has 0 N–H and O–H groups in total. The fourth-order valence-electron chi connectivity index (χ4n) is 10.8. The van der Waals surface area contributed by atoms with E-state index in [4.69, 9.17) is 4.42 Å². The van der Waals surface area contributed by atoms with Gasteiger partial charge in [0.2, 0.25) is 0 Å². The van der Waals surface area contributed by atoms with Crippen LogP contribution in [-0.2, 0) is 0 Å². The first-order valence-electron chi connectivity index (χ1n) is 24.0. The molecule has 0 saturated heterocycles. The number of hydrogen-bond acceptors (Lipinski definition) is 2. The van der Waals surface area contributed by atoms with Gasteiger partial charge in [0.25, 0.3) is 0 Å². The van der Waals surface area contributed by atoms with Crippen LogP contribution in [0.15, 0.2) is 265 Å². The lowest BCUT2D eigenvalue weighted by Crippen LogP contribution is -2.10. The Kier molecular flexibility index (Phi) is 9.25. The van der Waals surface area contributed by atoms with E-state index >= 15 is 0 Å². The highest BCUT2D eigenvalue weighted by molar-refractivity contribution is 6.24. The third-order valence-corrected chi connectivity index (χ3v) is 14.3. The fraction of sp³-hybridized carbons (Fsp3) is 0. The first-order chi connectivity index (χ1) is 34.6. The zero-order valence-corrected chi connectivity index (χ0v) is 38.2. The Morgan fingerprint density at radius 3 is 1.27 bits per heavy atom. The summed E-state index contributed by atoms with van der Waals surface area (Å²) >= 11 is 0. The molecule has 14 rings (SSSR count). The van der Waals surface area contributed by atoms with E-state index in [1.54, 1.807) is 0 Å².